The zero-order valence-corrected chi connectivity index (χ0v) is 11.4. The smallest absolute Gasteiger partial charge is 0.244 e. The average Bonchev–Trinajstić information content (AvgIpc) is 2.38. The van der Waals surface area contributed by atoms with Crippen molar-refractivity contribution in [2.75, 3.05) is 5.32 Å². The minimum Gasteiger partial charge on any atom is -0.370 e. The van der Waals surface area contributed by atoms with Crippen LogP contribution < -0.4 is 11.1 Å². The topological polar surface area (TPSA) is 55.1 Å². The van der Waals surface area contributed by atoms with Crippen molar-refractivity contribution in [1.29, 1.82) is 0 Å². The minimum absolute atomic E-state index is 0.403. The number of hydrogen-bond donors (Lipinski definition) is 2. The average molecular weight is 295 g/mol. The van der Waals surface area contributed by atoms with E-state index in [-0.39, 0.29) is 0 Å². The number of carbonyl (C=O) groups excluding carboxylic acids is 1. The van der Waals surface area contributed by atoms with Gasteiger partial charge in [0.1, 0.15) is 6.04 Å². The predicted octanol–water partition coefficient (Wildman–Crippen LogP) is 3.63. The SMILES string of the molecule is NC(=O)C(Nc1ccccc1)c1c(Cl)cccc1Cl. The molecule has 2 aromatic carbocycles. The van der Waals surface area contributed by atoms with Gasteiger partial charge in [0.2, 0.25) is 5.91 Å². The Labute approximate surface area is 121 Å². The van der Waals surface area contributed by atoms with Gasteiger partial charge in [-0.3, -0.25) is 4.79 Å². The number of para-hydroxylation sites is 1. The summed E-state index contributed by atoms with van der Waals surface area (Å²) in [5.74, 6) is -0.543. The van der Waals surface area contributed by atoms with Crippen LogP contribution in [-0.4, -0.2) is 5.91 Å². The van der Waals surface area contributed by atoms with Gasteiger partial charge in [0.15, 0.2) is 0 Å². The number of amides is 1. The van der Waals surface area contributed by atoms with Crippen LogP contribution in [0.5, 0.6) is 0 Å². The highest BCUT2D eigenvalue weighted by Gasteiger charge is 2.23. The van der Waals surface area contributed by atoms with Crippen LogP contribution in [0, 0.1) is 0 Å². The molecule has 2 aromatic rings. The van der Waals surface area contributed by atoms with Gasteiger partial charge in [-0.25, -0.2) is 0 Å². The molecule has 5 heteroatoms. The Hall–Kier alpha value is -1.71. The van der Waals surface area contributed by atoms with E-state index in [4.69, 9.17) is 28.9 Å². The Bertz CT molecular complexity index is 567. The van der Waals surface area contributed by atoms with Crippen LogP contribution in [-0.2, 0) is 4.79 Å². The van der Waals surface area contributed by atoms with Crippen molar-refractivity contribution in [3.63, 3.8) is 0 Å². The second kappa shape index (κ2) is 5.95. The molecule has 98 valence electrons. The molecule has 0 heterocycles. The van der Waals surface area contributed by atoms with Crippen LogP contribution in [0.4, 0.5) is 5.69 Å². The molecule has 0 spiro atoms. The second-order valence-corrected chi connectivity index (χ2v) is 4.80. The van der Waals surface area contributed by atoms with Crippen molar-refractivity contribution in [1.82, 2.24) is 0 Å². The number of anilines is 1. The summed E-state index contributed by atoms with van der Waals surface area (Å²) in [7, 11) is 0. The highest BCUT2D eigenvalue weighted by atomic mass is 35.5. The van der Waals surface area contributed by atoms with Crippen LogP contribution in [0.25, 0.3) is 0 Å². The Kier molecular flexibility index (Phi) is 4.30. The molecular formula is C14H12Cl2N2O. The second-order valence-electron chi connectivity index (χ2n) is 3.98. The Morgan fingerprint density at radius 1 is 1.00 bits per heavy atom. The van der Waals surface area contributed by atoms with Crippen molar-refractivity contribution in [2.45, 2.75) is 6.04 Å². The van der Waals surface area contributed by atoms with E-state index in [1.165, 1.54) is 0 Å². The third-order valence-corrected chi connectivity index (χ3v) is 3.32. The molecule has 2 rings (SSSR count). The predicted molar refractivity (Wildman–Crippen MR) is 78.5 cm³/mol. The van der Waals surface area contributed by atoms with Gasteiger partial charge in [0.25, 0.3) is 0 Å². The fraction of sp³-hybridized carbons (Fsp3) is 0.0714. The highest BCUT2D eigenvalue weighted by molar-refractivity contribution is 6.36. The van der Waals surface area contributed by atoms with Crippen LogP contribution in [0.2, 0.25) is 10.0 Å². The highest BCUT2D eigenvalue weighted by Crippen LogP contribution is 2.32. The van der Waals surface area contributed by atoms with Gasteiger partial charge in [-0.05, 0) is 24.3 Å². The number of halogens is 2. The molecule has 19 heavy (non-hydrogen) atoms. The number of hydrogen-bond acceptors (Lipinski definition) is 2. The summed E-state index contributed by atoms with van der Waals surface area (Å²) in [5.41, 5.74) is 6.69. The normalized spacial score (nSPS) is 11.9. The molecule has 1 atom stereocenters. The van der Waals surface area contributed by atoms with E-state index in [0.29, 0.717) is 15.6 Å². The molecule has 0 aliphatic rings. The van der Waals surface area contributed by atoms with Crippen molar-refractivity contribution < 1.29 is 4.79 Å². The molecule has 0 saturated carbocycles. The Morgan fingerprint density at radius 2 is 1.58 bits per heavy atom. The minimum atomic E-state index is -0.774. The molecule has 0 radical (unpaired) electrons. The molecule has 0 saturated heterocycles. The van der Waals surface area contributed by atoms with Gasteiger partial charge in [-0.2, -0.15) is 0 Å². The summed E-state index contributed by atoms with van der Waals surface area (Å²) in [4.78, 5) is 11.7. The third-order valence-electron chi connectivity index (χ3n) is 2.66. The number of carbonyl (C=O) groups is 1. The van der Waals surface area contributed by atoms with Crippen molar-refractivity contribution >= 4 is 34.8 Å². The van der Waals surface area contributed by atoms with Crippen molar-refractivity contribution in [3.8, 4) is 0 Å². The van der Waals surface area contributed by atoms with Crippen molar-refractivity contribution in [2.24, 2.45) is 5.73 Å². The van der Waals surface area contributed by atoms with Gasteiger partial charge in [0.05, 0.1) is 0 Å². The summed E-state index contributed by atoms with van der Waals surface area (Å²) in [6.07, 6.45) is 0. The van der Waals surface area contributed by atoms with Gasteiger partial charge >= 0.3 is 0 Å². The number of benzene rings is 2. The maximum Gasteiger partial charge on any atom is 0.244 e. The van der Waals surface area contributed by atoms with Crippen molar-refractivity contribution in [3.05, 3.63) is 64.1 Å². The van der Waals surface area contributed by atoms with E-state index in [1.807, 2.05) is 30.3 Å². The molecule has 3 nitrogen and oxygen atoms in total. The van der Waals surface area contributed by atoms with Crippen LogP contribution >= 0.6 is 23.2 Å². The third kappa shape index (κ3) is 3.19. The largest absolute Gasteiger partial charge is 0.370 e. The maximum absolute atomic E-state index is 11.7. The molecule has 0 fully saturated rings. The van der Waals surface area contributed by atoms with Crippen LogP contribution in [0.15, 0.2) is 48.5 Å². The van der Waals surface area contributed by atoms with E-state index in [2.05, 4.69) is 5.32 Å². The van der Waals surface area contributed by atoms with Gasteiger partial charge in [-0.1, -0.05) is 47.5 Å². The Morgan fingerprint density at radius 3 is 2.11 bits per heavy atom. The number of rotatable bonds is 4. The van der Waals surface area contributed by atoms with Gasteiger partial charge in [-0.15, -0.1) is 0 Å². The first-order chi connectivity index (χ1) is 9.09. The molecule has 0 bridgehead atoms. The van der Waals surface area contributed by atoms with Crippen LogP contribution in [0.1, 0.15) is 11.6 Å². The first-order valence-electron chi connectivity index (χ1n) is 5.64. The van der Waals surface area contributed by atoms with E-state index < -0.39 is 11.9 Å². The monoisotopic (exact) mass is 294 g/mol. The van der Waals surface area contributed by atoms with Crippen LogP contribution in [0.3, 0.4) is 0 Å². The lowest BCUT2D eigenvalue weighted by molar-refractivity contribution is -0.118. The quantitative estimate of drug-likeness (QED) is 0.905. The summed E-state index contributed by atoms with van der Waals surface area (Å²) in [6.45, 7) is 0. The Balaban J connectivity index is 2.39. The maximum atomic E-state index is 11.7. The number of nitrogens with one attached hydrogen (secondary N) is 1. The number of nitrogens with two attached hydrogens (primary N) is 1. The lowest BCUT2D eigenvalue weighted by atomic mass is 10.1. The molecule has 1 unspecified atom stereocenters. The first-order valence-corrected chi connectivity index (χ1v) is 6.40. The van der Waals surface area contributed by atoms with Gasteiger partial charge in [0, 0.05) is 21.3 Å². The zero-order valence-electron chi connectivity index (χ0n) is 9.94. The fourth-order valence-corrected chi connectivity index (χ4v) is 2.39. The molecular weight excluding hydrogens is 283 g/mol. The summed E-state index contributed by atoms with van der Waals surface area (Å²) in [6, 6.07) is 13.5. The first kappa shape index (κ1) is 13.7. The molecule has 1 amide bonds. The zero-order chi connectivity index (χ0) is 13.8. The van der Waals surface area contributed by atoms with Gasteiger partial charge < -0.3 is 11.1 Å². The summed E-state index contributed by atoms with van der Waals surface area (Å²) in [5, 5.41) is 3.84. The standard InChI is InChI=1S/C14H12Cl2N2O/c15-10-7-4-8-11(16)12(10)13(14(17)19)18-9-5-2-1-3-6-9/h1-8,13,18H,(H2,17,19). The molecule has 0 aromatic heterocycles. The van der Waals surface area contributed by atoms with E-state index in [0.717, 1.165) is 5.69 Å². The number of primary amides is 1. The fourth-order valence-electron chi connectivity index (χ4n) is 1.77. The summed E-state index contributed by atoms with van der Waals surface area (Å²) < 4.78 is 0. The van der Waals surface area contributed by atoms with E-state index in [1.54, 1.807) is 18.2 Å². The molecule has 0 aliphatic carbocycles. The van der Waals surface area contributed by atoms with E-state index in [9.17, 15) is 4.79 Å². The lowest BCUT2D eigenvalue weighted by Gasteiger charge is -2.19. The lowest BCUT2D eigenvalue weighted by Crippen LogP contribution is -2.28. The summed E-state index contributed by atoms with van der Waals surface area (Å²) >= 11 is 12.2. The molecule has 0 aliphatic heterocycles. The van der Waals surface area contributed by atoms with E-state index >= 15 is 0 Å². The molecule has 3 N–H and O–H groups in total.